The van der Waals surface area contributed by atoms with Gasteiger partial charge in [-0.15, -0.1) is 0 Å². The van der Waals surface area contributed by atoms with Gasteiger partial charge in [-0.25, -0.2) is 4.79 Å². The molecule has 114 valence electrons. The van der Waals surface area contributed by atoms with Crippen LogP contribution in [0.4, 0.5) is 4.79 Å². The normalized spacial score (nSPS) is 15.3. The number of hydrogen-bond acceptors (Lipinski definition) is 4. The minimum Gasteiger partial charge on any atom is -0.481 e. The Bertz CT molecular complexity index is 381. The topological polar surface area (TPSA) is 108 Å². The van der Waals surface area contributed by atoms with Crippen LogP contribution in [0.1, 0.15) is 12.8 Å². The molecule has 8 nitrogen and oxygen atoms in total. The Labute approximate surface area is 117 Å². The molecule has 0 aliphatic heterocycles. The van der Waals surface area contributed by atoms with Gasteiger partial charge in [-0.1, -0.05) is 0 Å². The summed E-state index contributed by atoms with van der Waals surface area (Å²) in [7, 11) is 3.01. The van der Waals surface area contributed by atoms with E-state index < -0.39 is 17.4 Å². The van der Waals surface area contributed by atoms with Crippen LogP contribution in [0.25, 0.3) is 0 Å². The van der Waals surface area contributed by atoms with Crippen LogP contribution in [0.5, 0.6) is 0 Å². The number of likely N-dealkylation sites (N-methyl/N-ethyl adjacent to an activating group) is 1. The quantitative estimate of drug-likeness (QED) is 0.509. The predicted octanol–water partition coefficient (Wildman–Crippen LogP) is -0.745. The lowest BCUT2D eigenvalue weighted by molar-refractivity contribution is -0.143. The van der Waals surface area contributed by atoms with E-state index in [2.05, 4.69) is 10.6 Å². The third kappa shape index (κ3) is 4.69. The van der Waals surface area contributed by atoms with Crippen LogP contribution in [0.3, 0.4) is 0 Å². The highest BCUT2D eigenvalue weighted by Gasteiger charge is 2.50. The van der Waals surface area contributed by atoms with Crippen molar-refractivity contribution in [2.24, 2.45) is 5.41 Å². The summed E-state index contributed by atoms with van der Waals surface area (Å²) in [6.45, 7) is 0.794. The van der Waals surface area contributed by atoms with Gasteiger partial charge in [-0.2, -0.15) is 0 Å². The van der Waals surface area contributed by atoms with E-state index in [1.54, 1.807) is 0 Å². The molecule has 1 rings (SSSR count). The predicted molar refractivity (Wildman–Crippen MR) is 70.2 cm³/mol. The molecule has 0 aromatic rings. The second-order valence-electron chi connectivity index (χ2n) is 4.94. The van der Waals surface area contributed by atoms with Gasteiger partial charge in [-0.3, -0.25) is 9.59 Å². The zero-order valence-electron chi connectivity index (χ0n) is 11.8. The number of methoxy groups -OCH3 is 1. The minimum absolute atomic E-state index is 0.0877. The molecule has 0 unspecified atom stereocenters. The van der Waals surface area contributed by atoms with Crippen LogP contribution in [-0.2, 0) is 14.3 Å². The molecule has 8 heteroatoms. The zero-order valence-corrected chi connectivity index (χ0v) is 11.8. The SMILES string of the molecule is COCCNC(=O)CN(C)C(=O)NCC1(C(=O)O)CC1. The molecule has 0 heterocycles. The first-order valence-electron chi connectivity index (χ1n) is 6.39. The van der Waals surface area contributed by atoms with Crippen molar-refractivity contribution in [1.82, 2.24) is 15.5 Å². The van der Waals surface area contributed by atoms with Gasteiger partial charge in [-0.05, 0) is 12.8 Å². The van der Waals surface area contributed by atoms with Crippen LogP contribution in [0, 0.1) is 5.41 Å². The van der Waals surface area contributed by atoms with Crippen molar-refractivity contribution in [2.75, 3.05) is 40.4 Å². The molecule has 1 aliphatic rings. The number of carboxylic acid groups (broad SMARTS) is 1. The summed E-state index contributed by atoms with van der Waals surface area (Å²) >= 11 is 0. The Hall–Kier alpha value is -1.83. The summed E-state index contributed by atoms with van der Waals surface area (Å²) in [6.07, 6.45) is 1.15. The van der Waals surface area contributed by atoms with E-state index in [1.807, 2.05) is 0 Å². The molecule has 0 saturated heterocycles. The maximum atomic E-state index is 11.7. The summed E-state index contributed by atoms with van der Waals surface area (Å²) in [5, 5.41) is 14.1. The monoisotopic (exact) mass is 287 g/mol. The van der Waals surface area contributed by atoms with Crippen LogP contribution in [-0.4, -0.2) is 68.3 Å². The van der Waals surface area contributed by atoms with Crippen LogP contribution < -0.4 is 10.6 Å². The van der Waals surface area contributed by atoms with Gasteiger partial charge in [0, 0.05) is 27.2 Å². The summed E-state index contributed by atoms with van der Waals surface area (Å²) in [4.78, 5) is 35.4. The Morgan fingerprint density at radius 1 is 1.30 bits per heavy atom. The average Bonchev–Trinajstić information content (AvgIpc) is 3.17. The van der Waals surface area contributed by atoms with Crippen molar-refractivity contribution in [2.45, 2.75) is 12.8 Å². The van der Waals surface area contributed by atoms with Gasteiger partial charge >= 0.3 is 12.0 Å². The Balaban J connectivity index is 2.25. The number of carbonyl (C=O) groups is 3. The number of amides is 3. The summed E-state index contributed by atoms with van der Waals surface area (Å²) in [5.74, 6) is -1.18. The van der Waals surface area contributed by atoms with Gasteiger partial charge in [0.05, 0.1) is 12.0 Å². The van der Waals surface area contributed by atoms with Crippen molar-refractivity contribution in [3.05, 3.63) is 0 Å². The number of aliphatic carboxylic acids is 1. The average molecular weight is 287 g/mol. The molecule has 1 aliphatic carbocycles. The summed E-state index contributed by atoms with van der Waals surface area (Å²) < 4.78 is 4.79. The summed E-state index contributed by atoms with van der Waals surface area (Å²) in [6, 6.07) is -0.459. The Kier molecular flexibility index (Phi) is 5.75. The lowest BCUT2D eigenvalue weighted by Gasteiger charge is -2.19. The maximum Gasteiger partial charge on any atom is 0.317 e. The van der Waals surface area contributed by atoms with Crippen LogP contribution in [0.15, 0.2) is 0 Å². The van der Waals surface area contributed by atoms with E-state index in [0.29, 0.717) is 26.0 Å². The fourth-order valence-electron chi connectivity index (χ4n) is 1.63. The number of carbonyl (C=O) groups excluding carboxylic acids is 2. The third-order valence-electron chi connectivity index (χ3n) is 3.24. The van der Waals surface area contributed by atoms with Crippen molar-refractivity contribution >= 4 is 17.9 Å². The number of ether oxygens (including phenoxy) is 1. The highest BCUT2D eigenvalue weighted by molar-refractivity contribution is 5.84. The van der Waals surface area contributed by atoms with Crippen molar-refractivity contribution in [3.8, 4) is 0 Å². The van der Waals surface area contributed by atoms with Crippen molar-refractivity contribution < 1.29 is 24.2 Å². The number of rotatable bonds is 8. The standard InChI is InChI=1S/C12H21N3O5/c1-15(7-9(16)13-5-6-20-2)11(19)14-8-12(3-4-12)10(17)18/h3-8H2,1-2H3,(H,13,16)(H,14,19)(H,17,18). The molecule has 0 radical (unpaired) electrons. The molecule has 0 spiro atoms. The molecule has 3 N–H and O–H groups in total. The van der Waals surface area contributed by atoms with Gasteiger partial charge in [0.1, 0.15) is 6.54 Å². The van der Waals surface area contributed by atoms with Crippen molar-refractivity contribution in [3.63, 3.8) is 0 Å². The molecule has 20 heavy (non-hydrogen) atoms. The van der Waals surface area contributed by atoms with Gasteiger partial charge < -0.3 is 25.4 Å². The minimum atomic E-state index is -0.891. The van der Waals surface area contributed by atoms with E-state index in [1.165, 1.54) is 19.1 Å². The molecule has 3 amide bonds. The van der Waals surface area contributed by atoms with Crippen molar-refractivity contribution in [1.29, 1.82) is 0 Å². The summed E-state index contributed by atoms with van der Waals surface area (Å²) in [5.41, 5.74) is -0.808. The molecule has 0 atom stereocenters. The largest absolute Gasteiger partial charge is 0.481 e. The lowest BCUT2D eigenvalue weighted by atomic mass is 10.1. The number of nitrogens with zero attached hydrogens (tertiary/aromatic N) is 1. The number of nitrogens with one attached hydrogen (secondary N) is 2. The smallest absolute Gasteiger partial charge is 0.317 e. The maximum absolute atomic E-state index is 11.7. The van der Waals surface area contributed by atoms with Gasteiger partial charge in [0.15, 0.2) is 0 Å². The van der Waals surface area contributed by atoms with Gasteiger partial charge in [0.2, 0.25) is 5.91 Å². The Morgan fingerprint density at radius 2 is 1.95 bits per heavy atom. The molecule has 0 aromatic carbocycles. The third-order valence-corrected chi connectivity index (χ3v) is 3.24. The van der Waals surface area contributed by atoms with E-state index >= 15 is 0 Å². The fourth-order valence-corrected chi connectivity index (χ4v) is 1.63. The first-order valence-corrected chi connectivity index (χ1v) is 6.39. The number of hydrogen-bond donors (Lipinski definition) is 3. The Morgan fingerprint density at radius 3 is 2.45 bits per heavy atom. The zero-order chi connectivity index (χ0) is 15.2. The van der Waals surface area contributed by atoms with Gasteiger partial charge in [0.25, 0.3) is 0 Å². The van der Waals surface area contributed by atoms with E-state index in [9.17, 15) is 14.4 Å². The molecule has 0 bridgehead atoms. The van der Waals surface area contributed by atoms with E-state index in [0.717, 1.165) is 0 Å². The second-order valence-corrected chi connectivity index (χ2v) is 4.94. The number of carboxylic acids is 1. The van der Waals surface area contributed by atoms with E-state index in [4.69, 9.17) is 9.84 Å². The number of urea groups is 1. The molecule has 1 fully saturated rings. The highest BCUT2D eigenvalue weighted by Crippen LogP contribution is 2.45. The first kappa shape index (κ1) is 16.2. The highest BCUT2D eigenvalue weighted by atomic mass is 16.5. The fraction of sp³-hybridized carbons (Fsp3) is 0.750. The molecular weight excluding hydrogens is 266 g/mol. The molecule has 1 saturated carbocycles. The molecule has 0 aromatic heterocycles. The van der Waals surface area contributed by atoms with Crippen LogP contribution in [0.2, 0.25) is 0 Å². The second kappa shape index (κ2) is 7.09. The molecular formula is C12H21N3O5. The van der Waals surface area contributed by atoms with E-state index in [-0.39, 0.29) is 19.0 Å². The van der Waals surface area contributed by atoms with Crippen LogP contribution >= 0.6 is 0 Å². The first-order chi connectivity index (χ1) is 9.41. The lowest BCUT2D eigenvalue weighted by Crippen LogP contribution is -2.45.